The lowest BCUT2D eigenvalue weighted by atomic mass is 9.99. The van der Waals surface area contributed by atoms with Crippen molar-refractivity contribution in [2.24, 2.45) is 0 Å². The lowest BCUT2D eigenvalue weighted by Gasteiger charge is -2.44. The zero-order valence-electron chi connectivity index (χ0n) is 20.2. The minimum atomic E-state index is -1.84. The number of nitrogens with one attached hydrogen (secondary N) is 1. The standard InChI is InChI=1S/C26H36N6O3/c33-25(28-20-8-13-27-14-9-20)23-6-3-7-24(29-23)31-17-12-26(34,35)32(19-18-31)22-10-15-30(16-11-22)21-4-1-2-5-21/h3,6-9,13-14,21-22,34-35H,1-2,4-5,10-12,15-19H2,(H,27,28,33). The number of amides is 1. The molecule has 1 amide bonds. The van der Waals surface area contributed by atoms with Crippen LogP contribution in [0.5, 0.6) is 0 Å². The Bertz CT molecular complexity index is 990. The van der Waals surface area contributed by atoms with Crippen molar-refractivity contribution in [3.05, 3.63) is 48.4 Å². The van der Waals surface area contributed by atoms with Gasteiger partial charge in [-0.05, 0) is 63.0 Å². The topological polar surface area (TPSA) is 105 Å². The number of pyridine rings is 2. The number of hydrogen-bond donors (Lipinski definition) is 3. The quantitative estimate of drug-likeness (QED) is 0.560. The number of aromatic nitrogens is 2. The lowest BCUT2D eigenvalue weighted by molar-refractivity contribution is -0.276. The molecule has 5 rings (SSSR count). The second-order valence-electron chi connectivity index (χ2n) is 9.98. The van der Waals surface area contributed by atoms with Crippen molar-refractivity contribution in [3.63, 3.8) is 0 Å². The third-order valence-electron chi connectivity index (χ3n) is 7.80. The second-order valence-corrected chi connectivity index (χ2v) is 9.98. The van der Waals surface area contributed by atoms with E-state index in [-0.39, 0.29) is 18.4 Å². The van der Waals surface area contributed by atoms with Crippen molar-refractivity contribution in [1.29, 1.82) is 0 Å². The zero-order chi connectivity index (χ0) is 24.3. The van der Waals surface area contributed by atoms with Crippen LogP contribution >= 0.6 is 0 Å². The molecule has 0 aromatic carbocycles. The van der Waals surface area contributed by atoms with E-state index in [2.05, 4.69) is 20.2 Å². The second kappa shape index (κ2) is 10.6. The highest BCUT2D eigenvalue weighted by Crippen LogP contribution is 2.31. The average molecular weight is 481 g/mol. The van der Waals surface area contributed by atoms with E-state index in [0.717, 1.165) is 32.0 Å². The summed E-state index contributed by atoms with van der Waals surface area (Å²) in [5, 5.41) is 24.8. The van der Waals surface area contributed by atoms with Crippen molar-refractivity contribution >= 4 is 17.4 Å². The number of carbonyl (C=O) groups is 1. The molecule has 3 fully saturated rings. The van der Waals surface area contributed by atoms with Gasteiger partial charge in [0.25, 0.3) is 5.91 Å². The minimum Gasteiger partial charge on any atom is -0.355 e. The zero-order valence-corrected chi connectivity index (χ0v) is 20.2. The van der Waals surface area contributed by atoms with Gasteiger partial charge in [0.2, 0.25) is 5.91 Å². The van der Waals surface area contributed by atoms with Crippen LogP contribution in [0.25, 0.3) is 0 Å². The molecule has 3 aliphatic rings. The Kier molecular flexibility index (Phi) is 7.29. The molecule has 2 aromatic rings. The van der Waals surface area contributed by atoms with Gasteiger partial charge in [-0.15, -0.1) is 0 Å². The Morgan fingerprint density at radius 1 is 0.914 bits per heavy atom. The summed E-state index contributed by atoms with van der Waals surface area (Å²) in [6.45, 7) is 3.67. The number of anilines is 2. The van der Waals surface area contributed by atoms with Crippen molar-refractivity contribution in [3.8, 4) is 0 Å². The lowest BCUT2D eigenvalue weighted by Crippen LogP contribution is -2.57. The van der Waals surface area contributed by atoms with Gasteiger partial charge in [0, 0.05) is 56.2 Å². The number of aliphatic hydroxyl groups is 2. The first-order chi connectivity index (χ1) is 17.0. The van der Waals surface area contributed by atoms with E-state index in [0.29, 0.717) is 36.8 Å². The molecular weight excluding hydrogens is 444 g/mol. The Balaban J connectivity index is 1.22. The van der Waals surface area contributed by atoms with Crippen LogP contribution in [0, 0.1) is 0 Å². The first-order valence-corrected chi connectivity index (χ1v) is 12.9. The van der Waals surface area contributed by atoms with Gasteiger partial charge in [0.15, 0.2) is 0 Å². The van der Waals surface area contributed by atoms with Crippen molar-refractivity contribution in [1.82, 2.24) is 19.8 Å². The molecule has 1 saturated carbocycles. The van der Waals surface area contributed by atoms with Crippen LogP contribution in [-0.4, -0.2) is 86.6 Å². The molecule has 0 bridgehead atoms. The third kappa shape index (κ3) is 5.64. The molecule has 2 aliphatic heterocycles. The van der Waals surface area contributed by atoms with Crippen molar-refractivity contribution in [2.75, 3.05) is 42.9 Å². The Hall–Kier alpha value is -2.59. The Morgan fingerprint density at radius 2 is 1.66 bits per heavy atom. The van der Waals surface area contributed by atoms with Crippen LogP contribution in [0.1, 0.15) is 55.4 Å². The predicted octanol–water partition coefficient (Wildman–Crippen LogP) is 2.29. The molecule has 0 unspecified atom stereocenters. The molecule has 188 valence electrons. The number of likely N-dealkylation sites (tertiary alicyclic amines) is 1. The van der Waals surface area contributed by atoms with Gasteiger partial charge in [-0.2, -0.15) is 0 Å². The van der Waals surface area contributed by atoms with Crippen molar-refractivity contribution in [2.45, 2.75) is 62.9 Å². The van der Waals surface area contributed by atoms with Crippen LogP contribution in [0.4, 0.5) is 11.5 Å². The molecule has 2 aromatic heterocycles. The van der Waals surface area contributed by atoms with E-state index < -0.39 is 5.91 Å². The molecule has 0 spiro atoms. The SMILES string of the molecule is O=C(Nc1ccncc1)c1cccc(N2CCN(C3CCN(C4CCCC4)CC3)C(O)(O)CC2)n1. The summed E-state index contributed by atoms with van der Waals surface area (Å²) in [6, 6.07) is 9.71. The van der Waals surface area contributed by atoms with Crippen LogP contribution in [-0.2, 0) is 0 Å². The van der Waals surface area contributed by atoms with Gasteiger partial charge in [0.1, 0.15) is 11.5 Å². The van der Waals surface area contributed by atoms with Crippen LogP contribution in [0.3, 0.4) is 0 Å². The number of carbonyl (C=O) groups excluding carboxylic acids is 1. The highest BCUT2D eigenvalue weighted by Gasteiger charge is 2.41. The Labute approximate surface area is 206 Å². The molecule has 1 aliphatic carbocycles. The molecule has 3 N–H and O–H groups in total. The summed E-state index contributed by atoms with van der Waals surface area (Å²) in [7, 11) is 0. The summed E-state index contributed by atoms with van der Waals surface area (Å²) in [5.41, 5.74) is 0.978. The number of piperidine rings is 1. The number of hydrogen-bond acceptors (Lipinski definition) is 8. The van der Waals surface area contributed by atoms with Crippen LogP contribution in [0.2, 0.25) is 0 Å². The van der Waals surface area contributed by atoms with Gasteiger partial charge < -0.3 is 25.3 Å². The van der Waals surface area contributed by atoms with E-state index >= 15 is 0 Å². The summed E-state index contributed by atoms with van der Waals surface area (Å²) in [5.74, 6) is -1.46. The van der Waals surface area contributed by atoms with Gasteiger partial charge in [-0.3, -0.25) is 9.78 Å². The van der Waals surface area contributed by atoms with Gasteiger partial charge in [0.05, 0.1) is 0 Å². The molecule has 9 nitrogen and oxygen atoms in total. The number of nitrogens with zero attached hydrogens (tertiary/aromatic N) is 5. The molecule has 35 heavy (non-hydrogen) atoms. The normalized spacial score (nSPS) is 22.7. The van der Waals surface area contributed by atoms with Crippen LogP contribution < -0.4 is 10.2 Å². The van der Waals surface area contributed by atoms with E-state index in [1.165, 1.54) is 25.7 Å². The maximum absolute atomic E-state index is 12.7. The molecule has 2 saturated heterocycles. The maximum atomic E-state index is 12.7. The van der Waals surface area contributed by atoms with Crippen molar-refractivity contribution < 1.29 is 15.0 Å². The van der Waals surface area contributed by atoms with Gasteiger partial charge in [-0.25, -0.2) is 9.88 Å². The largest absolute Gasteiger partial charge is 0.355 e. The van der Waals surface area contributed by atoms with Gasteiger partial charge >= 0.3 is 0 Å². The smallest absolute Gasteiger partial charge is 0.274 e. The van der Waals surface area contributed by atoms with E-state index in [4.69, 9.17) is 0 Å². The average Bonchev–Trinajstić information content (AvgIpc) is 3.37. The van der Waals surface area contributed by atoms with E-state index in [1.807, 2.05) is 21.9 Å². The fraction of sp³-hybridized carbons (Fsp3) is 0.577. The third-order valence-corrected chi connectivity index (χ3v) is 7.80. The predicted molar refractivity (Wildman–Crippen MR) is 134 cm³/mol. The molecular formula is C26H36N6O3. The molecule has 0 atom stereocenters. The first-order valence-electron chi connectivity index (χ1n) is 12.9. The first kappa shape index (κ1) is 24.1. The highest BCUT2D eigenvalue weighted by atomic mass is 16.5. The molecule has 9 heteroatoms. The van der Waals surface area contributed by atoms with E-state index in [1.54, 1.807) is 30.6 Å². The maximum Gasteiger partial charge on any atom is 0.274 e. The summed E-state index contributed by atoms with van der Waals surface area (Å²) in [6.07, 6.45) is 10.6. The monoisotopic (exact) mass is 480 g/mol. The van der Waals surface area contributed by atoms with E-state index in [9.17, 15) is 15.0 Å². The fourth-order valence-corrected chi connectivity index (χ4v) is 5.84. The number of rotatable bonds is 5. The van der Waals surface area contributed by atoms with Gasteiger partial charge in [-0.1, -0.05) is 18.9 Å². The Morgan fingerprint density at radius 3 is 2.40 bits per heavy atom. The fourth-order valence-electron chi connectivity index (χ4n) is 5.84. The molecule has 4 heterocycles. The summed E-state index contributed by atoms with van der Waals surface area (Å²) in [4.78, 5) is 27.8. The molecule has 0 radical (unpaired) electrons. The summed E-state index contributed by atoms with van der Waals surface area (Å²) < 4.78 is 0. The highest BCUT2D eigenvalue weighted by molar-refractivity contribution is 6.03. The summed E-state index contributed by atoms with van der Waals surface area (Å²) >= 11 is 0. The minimum absolute atomic E-state index is 0.160. The van der Waals surface area contributed by atoms with Crippen LogP contribution in [0.15, 0.2) is 42.7 Å².